The van der Waals surface area contributed by atoms with Crippen molar-refractivity contribution in [2.24, 2.45) is 5.92 Å². The fourth-order valence-electron chi connectivity index (χ4n) is 1.86. The highest BCUT2D eigenvalue weighted by molar-refractivity contribution is 5.91. The first-order chi connectivity index (χ1) is 6.54. The first kappa shape index (κ1) is 11.2. The Labute approximate surface area is 84.9 Å². The standard InChI is InChI=1S/C10H18N2O2/c1-4-8(5-2)7-12(3)9(13)6-11-10(12)14/h8H,4-7H2,1-3H3/p+1. The maximum atomic E-state index is 11.6. The van der Waals surface area contributed by atoms with Crippen LogP contribution in [0.25, 0.3) is 0 Å². The number of nitrogens with one attached hydrogen (secondary N) is 1. The molecule has 1 aliphatic heterocycles. The van der Waals surface area contributed by atoms with Gasteiger partial charge in [0.1, 0.15) is 6.54 Å². The fraction of sp³-hybridized carbons (Fsp3) is 0.800. The van der Waals surface area contributed by atoms with Gasteiger partial charge in [0, 0.05) is 5.92 Å². The Kier molecular flexibility index (Phi) is 3.26. The van der Waals surface area contributed by atoms with Crippen LogP contribution in [0, 0.1) is 5.92 Å². The maximum Gasteiger partial charge on any atom is 0.424 e. The summed E-state index contributed by atoms with van der Waals surface area (Å²) in [5.74, 6) is 0.440. The van der Waals surface area contributed by atoms with Crippen molar-refractivity contribution in [3.8, 4) is 0 Å². The van der Waals surface area contributed by atoms with Crippen LogP contribution >= 0.6 is 0 Å². The van der Waals surface area contributed by atoms with Crippen molar-refractivity contribution in [1.29, 1.82) is 0 Å². The third-order valence-electron chi connectivity index (χ3n) is 3.17. The summed E-state index contributed by atoms with van der Waals surface area (Å²) in [5, 5.41) is 2.60. The molecule has 4 heteroatoms. The van der Waals surface area contributed by atoms with E-state index in [0.717, 1.165) is 12.8 Å². The second-order valence-electron chi connectivity index (χ2n) is 4.11. The molecule has 0 aliphatic carbocycles. The van der Waals surface area contributed by atoms with Crippen LogP contribution in [0.15, 0.2) is 0 Å². The van der Waals surface area contributed by atoms with E-state index in [4.69, 9.17) is 0 Å². The molecule has 0 aromatic carbocycles. The van der Waals surface area contributed by atoms with E-state index in [0.29, 0.717) is 12.5 Å². The highest BCUT2D eigenvalue weighted by atomic mass is 16.2. The van der Waals surface area contributed by atoms with Crippen molar-refractivity contribution in [2.75, 3.05) is 20.1 Å². The molecule has 1 aliphatic rings. The van der Waals surface area contributed by atoms with E-state index in [-0.39, 0.29) is 23.0 Å². The van der Waals surface area contributed by atoms with Gasteiger partial charge in [-0.2, -0.15) is 4.48 Å². The summed E-state index contributed by atoms with van der Waals surface area (Å²) in [5.41, 5.74) is 0. The van der Waals surface area contributed by atoms with E-state index in [1.165, 1.54) is 0 Å². The van der Waals surface area contributed by atoms with Crippen LogP contribution in [0.3, 0.4) is 0 Å². The van der Waals surface area contributed by atoms with Gasteiger partial charge in [0.2, 0.25) is 0 Å². The number of carbonyl (C=O) groups is 2. The zero-order chi connectivity index (χ0) is 10.8. The Morgan fingerprint density at radius 2 is 1.93 bits per heavy atom. The SMILES string of the molecule is CCC(CC)C[N+]1(C)C(=O)CNC1=O. The topological polar surface area (TPSA) is 46.2 Å². The number of urea groups is 1. The Bertz CT molecular complexity index is 231. The number of imide groups is 1. The molecule has 14 heavy (non-hydrogen) atoms. The zero-order valence-electron chi connectivity index (χ0n) is 9.17. The molecule has 1 atom stereocenters. The molecule has 1 saturated heterocycles. The second-order valence-corrected chi connectivity index (χ2v) is 4.11. The summed E-state index contributed by atoms with van der Waals surface area (Å²) in [6.45, 7) is 5.02. The minimum Gasteiger partial charge on any atom is -0.292 e. The lowest BCUT2D eigenvalue weighted by Gasteiger charge is -2.25. The van der Waals surface area contributed by atoms with E-state index in [2.05, 4.69) is 19.2 Å². The molecule has 1 N–H and O–H groups in total. The summed E-state index contributed by atoms with van der Waals surface area (Å²) >= 11 is 0. The van der Waals surface area contributed by atoms with Gasteiger partial charge < -0.3 is 0 Å². The number of hydrogen-bond donors (Lipinski definition) is 1. The highest BCUT2D eigenvalue weighted by Crippen LogP contribution is 2.18. The Morgan fingerprint density at radius 1 is 1.36 bits per heavy atom. The van der Waals surface area contributed by atoms with Gasteiger partial charge in [-0.3, -0.25) is 5.32 Å². The monoisotopic (exact) mass is 199 g/mol. The van der Waals surface area contributed by atoms with Crippen LogP contribution in [0.2, 0.25) is 0 Å². The van der Waals surface area contributed by atoms with Gasteiger partial charge in [-0.15, -0.1) is 0 Å². The lowest BCUT2D eigenvalue weighted by atomic mass is 10.0. The predicted octanol–water partition coefficient (Wildman–Crippen LogP) is 1.12. The van der Waals surface area contributed by atoms with Crippen molar-refractivity contribution >= 4 is 11.9 Å². The maximum absolute atomic E-state index is 11.6. The average Bonchev–Trinajstić information content (AvgIpc) is 2.43. The van der Waals surface area contributed by atoms with Crippen LogP contribution in [-0.4, -0.2) is 36.6 Å². The molecule has 0 aromatic heterocycles. The number of quaternary nitrogens is 1. The van der Waals surface area contributed by atoms with Gasteiger partial charge in [0.25, 0.3) is 0 Å². The molecule has 3 amide bonds. The molecule has 1 heterocycles. The molecule has 1 fully saturated rings. The molecule has 4 nitrogen and oxygen atoms in total. The fourth-order valence-corrected chi connectivity index (χ4v) is 1.86. The summed E-state index contributed by atoms with van der Waals surface area (Å²) in [6, 6.07) is -0.151. The Hall–Kier alpha value is -0.900. The van der Waals surface area contributed by atoms with E-state index in [1.807, 2.05) is 0 Å². The van der Waals surface area contributed by atoms with Gasteiger partial charge in [0.05, 0.1) is 13.6 Å². The van der Waals surface area contributed by atoms with Crippen molar-refractivity contribution in [3.05, 3.63) is 0 Å². The Morgan fingerprint density at radius 3 is 2.29 bits per heavy atom. The lowest BCUT2D eigenvalue weighted by molar-refractivity contribution is -0.749. The van der Waals surface area contributed by atoms with Crippen molar-refractivity contribution in [3.63, 3.8) is 0 Å². The minimum atomic E-state index is -0.151. The molecule has 0 aromatic rings. The van der Waals surface area contributed by atoms with Gasteiger partial charge >= 0.3 is 11.9 Å². The smallest absolute Gasteiger partial charge is 0.292 e. The molecule has 1 unspecified atom stereocenters. The largest absolute Gasteiger partial charge is 0.424 e. The molecule has 0 spiro atoms. The van der Waals surface area contributed by atoms with Crippen LogP contribution in [-0.2, 0) is 4.79 Å². The lowest BCUT2D eigenvalue weighted by Crippen LogP contribution is -2.52. The van der Waals surface area contributed by atoms with Gasteiger partial charge in [-0.1, -0.05) is 13.8 Å². The third-order valence-corrected chi connectivity index (χ3v) is 3.17. The summed E-state index contributed by atoms with van der Waals surface area (Å²) in [6.07, 6.45) is 2.04. The minimum absolute atomic E-state index is 0.0121. The van der Waals surface area contributed by atoms with Crippen LogP contribution < -0.4 is 5.32 Å². The molecule has 80 valence electrons. The molecule has 0 radical (unpaired) electrons. The zero-order valence-corrected chi connectivity index (χ0v) is 9.17. The van der Waals surface area contributed by atoms with Crippen LogP contribution in [0.1, 0.15) is 26.7 Å². The number of carbonyl (C=O) groups excluding carboxylic acids is 2. The molecule has 0 saturated carbocycles. The summed E-state index contributed by atoms with van der Waals surface area (Å²) in [4.78, 5) is 23.1. The summed E-state index contributed by atoms with van der Waals surface area (Å²) in [7, 11) is 1.71. The normalized spacial score (nSPS) is 27.1. The molecule has 1 rings (SSSR count). The number of amides is 3. The predicted molar refractivity (Wildman–Crippen MR) is 53.5 cm³/mol. The molecular formula is C10H19N2O2+. The van der Waals surface area contributed by atoms with E-state index in [9.17, 15) is 9.59 Å². The van der Waals surface area contributed by atoms with Gasteiger partial charge in [-0.25, -0.2) is 9.59 Å². The van der Waals surface area contributed by atoms with Crippen molar-refractivity contribution < 1.29 is 14.1 Å². The van der Waals surface area contributed by atoms with E-state index < -0.39 is 0 Å². The molecular weight excluding hydrogens is 180 g/mol. The van der Waals surface area contributed by atoms with Gasteiger partial charge in [0.15, 0.2) is 0 Å². The Balaban J connectivity index is 2.73. The second kappa shape index (κ2) is 4.09. The quantitative estimate of drug-likeness (QED) is 0.544. The van der Waals surface area contributed by atoms with E-state index in [1.54, 1.807) is 7.05 Å². The van der Waals surface area contributed by atoms with Crippen molar-refractivity contribution in [1.82, 2.24) is 5.32 Å². The third kappa shape index (κ3) is 1.80. The number of likely N-dealkylation sites (N-methyl/N-ethyl adjacent to an activating group) is 1. The average molecular weight is 199 g/mol. The summed E-state index contributed by atoms with van der Waals surface area (Å²) < 4.78 is -0.0631. The number of hydrogen-bond acceptors (Lipinski definition) is 2. The van der Waals surface area contributed by atoms with E-state index >= 15 is 0 Å². The van der Waals surface area contributed by atoms with Crippen LogP contribution in [0.4, 0.5) is 4.79 Å². The number of rotatable bonds is 4. The highest BCUT2D eigenvalue weighted by Gasteiger charge is 2.46. The van der Waals surface area contributed by atoms with Crippen molar-refractivity contribution in [2.45, 2.75) is 26.7 Å². The first-order valence-corrected chi connectivity index (χ1v) is 5.21. The molecule has 0 bridgehead atoms. The van der Waals surface area contributed by atoms with Crippen LogP contribution in [0.5, 0.6) is 0 Å². The number of nitrogens with zero attached hydrogens (tertiary/aromatic N) is 1. The first-order valence-electron chi connectivity index (χ1n) is 5.21. The van der Waals surface area contributed by atoms with Gasteiger partial charge in [-0.05, 0) is 12.8 Å².